The van der Waals surface area contributed by atoms with Gasteiger partial charge in [0.05, 0.1) is 17.2 Å². The quantitative estimate of drug-likeness (QED) is 0.462. The molecule has 0 aliphatic carbocycles. The number of anilines is 1. The van der Waals surface area contributed by atoms with Gasteiger partial charge in [-0.15, -0.1) is 0 Å². The van der Waals surface area contributed by atoms with Gasteiger partial charge in [-0.1, -0.05) is 0 Å². The van der Waals surface area contributed by atoms with E-state index < -0.39 is 11.1 Å². The SMILES string of the molecule is COCCOc1cc(C)c(S(=O)O)cc1N. The summed E-state index contributed by atoms with van der Waals surface area (Å²) >= 11 is -2.03. The molecule has 0 aliphatic rings. The van der Waals surface area contributed by atoms with Gasteiger partial charge in [0, 0.05) is 7.11 Å². The van der Waals surface area contributed by atoms with Crippen molar-refractivity contribution >= 4 is 16.8 Å². The van der Waals surface area contributed by atoms with E-state index in [2.05, 4.69) is 0 Å². The van der Waals surface area contributed by atoms with Crippen LogP contribution in [0.1, 0.15) is 5.56 Å². The fraction of sp³-hybridized carbons (Fsp3) is 0.400. The molecular weight excluding hydrogens is 230 g/mol. The molecule has 5 nitrogen and oxygen atoms in total. The Morgan fingerprint density at radius 1 is 1.44 bits per heavy atom. The highest BCUT2D eigenvalue weighted by molar-refractivity contribution is 7.79. The van der Waals surface area contributed by atoms with Crippen molar-refractivity contribution in [3.05, 3.63) is 17.7 Å². The van der Waals surface area contributed by atoms with Gasteiger partial charge in [-0.2, -0.15) is 0 Å². The molecule has 0 radical (unpaired) electrons. The molecule has 1 unspecified atom stereocenters. The minimum absolute atomic E-state index is 0.302. The molecule has 0 fully saturated rings. The van der Waals surface area contributed by atoms with Crippen molar-refractivity contribution in [2.75, 3.05) is 26.1 Å². The van der Waals surface area contributed by atoms with E-state index >= 15 is 0 Å². The van der Waals surface area contributed by atoms with Crippen molar-refractivity contribution in [3.63, 3.8) is 0 Å². The number of hydrogen-bond donors (Lipinski definition) is 2. The fourth-order valence-corrected chi connectivity index (χ4v) is 1.79. The van der Waals surface area contributed by atoms with Gasteiger partial charge in [-0.25, -0.2) is 4.21 Å². The first kappa shape index (κ1) is 13.0. The fourth-order valence-electron chi connectivity index (χ4n) is 1.23. The van der Waals surface area contributed by atoms with Crippen molar-refractivity contribution in [2.45, 2.75) is 11.8 Å². The third-order valence-corrected chi connectivity index (χ3v) is 2.86. The molecule has 16 heavy (non-hydrogen) atoms. The van der Waals surface area contributed by atoms with Crippen molar-refractivity contribution in [3.8, 4) is 5.75 Å². The van der Waals surface area contributed by atoms with Crippen molar-refractivity contribution in [1.29, 1.82) is 0 Å². The second kappa shape index (κ2) is 5.83. The largest absolute Gasteiger partial charge is 0.489 e. The monoisotopic (exact) mass is 245 g/mol. The lowest BCUT2D eigenvalue weighted by atomic mass is 10.2. The van der Waals surface area contributed by atoms with Crippen LogP contribution in [0.25, 0.3) is 0 Å². The molecule has 0 aromatic heterocycles. The van der Waals surface area contributed by atoms with Gasteiger partial charge in [0.1, 0.15) is 12.4 Å². The van der Waals surface area contributed by atoms with E-state index in [9.17, 15) is 4.21 Å². The Bertz CT molecular complexity index is 395. The zero-order chi connectivity index (χ0) is 12.1. The molecule has 1 atom stereocenters. The van der Waals surface area contributed by atoms with Crippen LogP contribution in [0.15, 0.2) is 17.0 Å². The van der Waals surface area contributed by atoms with Crippen LogP contribution in [-0.2, 0) is 15.8 Å². The van der Waals surface area contributed by atoms with E-state index in [4.69, 9.17) is 19.8 Å². The highest BCUT2D eigenvalue weighted by atomic mass is 32.2. The zero-order valence-electron chi connectivity index (χ0n) is 9.23. The summed E-state index contributed by atoms with van der Waals surface area (Å²) in [6.07, 6.45) is 0. The van der Waals surface area contributed by atoms with Gasteiger partial charge in [0.15, 0.2) is 11.1 Å². The molecule has 90 valence electrons. The van der Waals surface area contributed by atoms with Gasteiger partial charge < -0.3 is 19.8 Å². The number of hydrogen-bond acceptors (Lipinski definition) is 4. The summed E-state index contributed by atoms with van der Waals surface area (Å²) < 4.78 is 30.1. The Hall–Kier alpha value is -1.11. The van der Waals surface area contributed by atoms with Crippen molar-refractivity contribution < 1.29 is 18.2 Å². The third kappa shape index (κ3) is 3.19. The number of rotatable bonds is 5. The predicted molar refractivity (Wildman–Crippen MR) is 62.0 cm³/mol. The Balaban J connectivity index is 2.88. The zero-order valence-corrected chi connectivity index (χ0v) is 10.0. The van der Waals surface area contributed by atoms with Crippen LogP contribution in [0.3, 0.4) is 0 Å². The minimum atomic E-state index is -2.03. The molecule has 1 rings (SSSR count). The van der Waals surface area contributed by atoms with Crippen molar-refractivity contribution in [1.82, 2.24) is 0 Å². The first-order valence-corrected chi connectivity index (χ1v) is 5.79. The lowest BCUT2D eigenvalue weighted by molar-refractivity contribution is 0.146. The smallest absolute Gasteiger partial charge is 0.186 e. The van der Waals surface area contributed by atoms with Gasteiger partial charge in [0.2, 0.25) is 0 Å². The molecular formula is C10H15NO4S. The molecule has 0 heterocycles. The number of methoxy groups -OCH3 is 1. The highest BCUT2D eigenvalue weighted by Gasteiger charge is 2.09. The summed E-state index contributed by atoms with van der Waals surface area (Å²) in [4.78, 5) is 0.302. The minimum Gasteiger partial charge on any atom is -0.489 e. The van der Waals surface area contributed by atoms with Crippen molar-refractivity contribution in [2.24, 2.45) is 0 Å². The van der Waals surface area contributed by atoms with Gasteiger partial charge in [0.25, 0.3) is 0 Å². The van der Waals surface area contributed by atoms with Crippen LogP contribution in [-0.4, -0.2) is 29.1 Å². The lowest BCUT2D eigenvalue weighted by Gasteiger charge is -2.11. The van der Waals surface area contributed by atoms with E-state index in [0.29, 0.717) is 35.1 Å². The average molecular weight is 245 g/mol. The summed E-state index contributed by atoms with van der Waals surface area (Å²) in [5.74, 6) is 0.503. The molecule has 0 bridgehead atoms. The summed E-state index contributed by atoms with van der Waals surface area (Å²) in [7, 11) is 1.58. The van der Waals surface area contributed by atoms with Gasteiger partial charge in [-0.05, 0) is 24.6 Å². The topological polar surface area (TPSA) is 81.8 Å². The molecule has 1 aromatic carbocycles. The molecule has 0 amide bonds. The van der Waals surface area contributed by atoms with Crippen LogP contribution >= 0.6 is 0 Å². The molecule has 0 saturated carbocycles. The Morgan fingerprint density at radius 3 is 2.69 bits per heavy atom. The molecule has 6 heteroatoms. The Labute approximate surface area is 96.8 Å². The number of benzene rings is 1. The molecule has 3 N–H and O–H groups in total. The molecule has 0 aliphatic heterocycles. The normalized spacial score (nSPS) is 12.4. The van der Waals surface area contributed by atoms with Crippen LogP contribution in [0, 0.1) is 6.92 Å². The highest BCUT2D eigenvalue weighted by Crippen LogP contribution is 2.27. The summed E-state index contributed by atoms with van der Waals surface area (Å²) in [6.45, 7) is 2.58. The maximum Gasteiger partial charge on any atom is 0.186 e. The first-order chi connectivity index (χ1) is 7.56. The summed E-state index contributed by atoms with van der Waals surface area (Å²) in [5.41, 5.74) is 6.71. The van der Waals surface area contributed by atoms with E-state index in [-0.39, 0.29) is 0 Å². The molecule has 0 spiro atoms. The van der Waals surface area contributed by atoms with E-state index in [1.54, 1.807) is 20.1 Å². The van der Waals surface area contributed by atoms with Gasteiger partial charge >= 0.3 is 0 Å². The summed E-state index contributed by atoms with van der Waals surface area (Å²) in [6, 6.07) is 3.10. The number of ether oxygens (including phenoxy) is 2. The Kier molecular flexibility index (Phi) is 4.72. The van der Waals surface area contributed by atoms with Crippen LogP contribution < -0.4 is 10.5 Å². The molecule has 0 saturated heterocycles. The van der Waals surface area contributed by atoms with Crippen LogP contribution in [0.5, 0.6) is 5.75 Å². The average Bonchev–Trinajstić information content (AvgIpc) is 2.22. The summed E-state index contributed by atoms with van der Waals surface area (Å²) in [5, 5.41) is 0. The number of nitrogen functional groups attached to an aromatic ring is 1. The standard InChI is InChI=1S/C10H15NO4S/c1-7-5-9(15-4-3-14-2)8(11)6-10(7)16(12)13/h5-6H,3-4,11H2,1-2H3,(H,12,13). The third-order valence-electron chi connectivity index (χ3n) is 2.04. The van der Waals surface area contributed by atoms with Gasteiger partial charge in [-0.3, -0.25) is 0 Å². The number of nitrogens with two attached hydrogens (primary N) is 1. The van der Waals surface area contributed by atoms with Crippen LogP contribution in [0.2, 0.25) is 0 Å². The van der Waals surface area contributed by atoms with Crippen LogP contribution in [0.4, 0.5) is 5.69 Å². The van der Waals surface area contributed by atoms with E-state index in [1.807, 2.05) is 0 Å². The molecule has 1 aromatic rings. The second-order valence-electron chi connectivity index (χ2n) is 3.25. The van der Waals surface area contributed by atoms with E-state index in [1.165, 1.54) is 6.07 Å². The lowest BCUT2D eigenvalue weighted by Crippen LogP contribution is -2.07. The number of aryl methyl sites for hydroxylation is 1. The first-order valence-electron chi connectivity index (χ1n) is 4.69. The predicted octanol–water partition coefficient (Wildman–Crippen LogP) is 1.18. The Morgan fingerprint density at radius 2 is 2.12 bits per heavy atom. The maximum absolute atomic E-state index is 10.9. The van der Waals surface area contributed by atoms with E-state index in [0.717, 1.165) is 0 Å². The maximum atomic E-state index is 10.9. The second-order valence-corrected chi connectivity index (χ2v) is 4.18.